The van der Waals surface area contributed by atoms with E-state index in [0.717, 1.165) is 11.3 Å². The van der Waals surface area contributed by atoms with Gasteiger partial charge >= 0.3 is 0 Å². The molecule has 0 bridgehead atoms. The predicted molar refractivity (Wildman–Crippen MR) is 82.1 cm³/mol. The van der Waals surface area contributed by atoms with Crippen molar-refractivity contribution >= 4 is 22.4 Å². The first kappa shape index (κ1) is 15.2. The summed E-state index contributed by atoms with van der Waals surface area (Å²) in [7, 11) is 0. The fourth-order valence-corrected chi connectivity index (χ4v) is 2.38. The summed E-state index contributed by atoms with van der Waals surface area (Å²) in [4.78, 5) is 20.1. The van der Waals surface area contributed by atoms with Gasteiger partial charge in [-0.1, -0.05) is 6.07 Å². The summed E-state index contributed by atoms with van der Waals surface area (Å²) < 4.78 is 5.42. The van der Waals surface area contributed by atoms with Gasteiger partial charge in [0.25, 0.3) is 0 Å². The Kier molecular flexibility index (Phi) is 5.51. The van der Waals surface area contributed by atoms with Gasteiger partial charge in [-0.25, -0.2) is 9.97 Å². The number of aromatic nitrogens is 2. The van der Waals surface area contributed by atoms with E-state index in [1.807, 2.05) is 24.4 Å². The molecule has 6 nitrogen and oxygen atoms in total. The molecule has 0 unspecified atom stereocenters. The molecule has 0 saturated heterocycles. The van der Waals surface area contributed by atoms with Crippen LogP contribution in [-0.4, -0.2) is 22.5 Å². The number of pyridine rings is 1. The lowest BCUT2D eigenvalue weighted by atomic mass is 10.2. The topological polar surface area (TPSA) is 90.1 Å². The van der Waals surface area contributed by atoms with Crippen LogP contribution in [0.2, 0.25) is 0 Å². The van der Waals surface area contributed by atoms with E-state index in [4.69, 9.17) is 10.5 Å². The molecular formula is C14H18N4O2S. The summed E-state index contributed by atoms with van der Waals surface area (Å²) in [5.41, 5.74) is 7.27. The Morgan fingerprint density at radius 3 is 3.10 bits per heavy atom. The molecule has 0 aliphatic carbocycles. The van der Waals surface area contributed by atoms with Gasteiger partial charge in [-0.3, -0.25) is 4.79 Å². The van der Waals surface area contributed by atoms with Gasteiger partial charge in [-0.2, -0.15) is 0 Å². The van der Waals surface area contributed by atoms with Crippen molar-refractivity contribution in [3.63, 3.8) is 0 Å². The van der Waals surface area contributed by atoms with Crippen LogP contribution in [-0.2, 0) is 17.8 Å². The number of nitrogens with one attached hydrogen (secondary N) is 1. The standard InChI is InChI=1S/C14H18N4O2S/c1-2-20-13-10(4-3-7-16-13)8-17-12(19)6-5-11-9-21-14(15)18-11/h3-4,7,9H,2,5-6,8H2,1H3,(H2,15,18)(H,17,19). The van der Waals surface area contributed by atoms with Crippen molar-refractivity contribution < 1.29 is 9.53 Å². The van der Waals surface area contributed by atoms with E-state index >= 15 is 0 Å². The van der Waals surface area contributed by atoms with Crippen LogP contribution >= 0.6 is 11.3 Å². The number of thiazole rings is 1. The zero-order chi connectivity index (χ0) is 15.1. The van der Waals surface area contributed by atoms with Crippen LogP contribution in [0.4, 0.5) is 5.13 Å². The summed E-state index contributed by atoms with van der Waals surface area (Å²) >= 11 is 1.38. The molecule has 0 spiro atoms. The van der Waals surface area contributed by atoms with Crippen molar-refractivity contribution in [3.05, 3.63) is 35.0 Å². The molecule has 0 atom stereocenters. The number of hydrogen-bond acceptors (Lipinski definition) is 6. The monoisotopic (exact) mass is 306 g/mol. The van der Waals surface area contributed by atoms with E-state index in [-0.39, 0.29) is 5.91 Å². The van der Waals surface area contributed by atoms with Gasteiger partial charge in [0, 0.05) is 30.1 Å². The van der Waals surface area contributed by atoms with Crippen LogP contribution in [0.5, 0.6) is 5.88 Å². The molecule has 2 aromatic rings. The SMILES string of the molecule is CCOc1ncccc1CNC(=O)CCc1csc(N)n1. The molecule has 2 aromatic heterocycles. The van der Waals surface area contributed by atoms with Crippen LogP contribution in [0, 0.1) is 0 Å². The number of carbonyl (C=O) groups excluding carboxylic acids is 1. The highest BCUT2D eigenvalue weighted by Crippen LogP contribution is 2.14. The third-order valence-corrected chi connectivity index (χ3v) is 3.51. The van der Waals surface area contributed by atoms with Crippen molar-refractivity contribution in [1.29, 1.82) is 0 Å². The number of ether oxygens (including phenoxy) is 1. The second-order valence-corrected chi connectivity index (χ2v) is 5.24. The Hall–Kier alpha value is -2.15. The predicted octanol–water partition coefficient (Wildman–Crippen LogP) is 1.77. The molecule has 0 saturated carbocycles. The van der Waals surface area contributed by atoms with E-state index in [9.17, 15) is 4.79 Å². The molecule has 3 N–H and O–H groups in total. The summed E-state index contributed by atoms with van der Waals surface area (Å²) in [6, 6.07) is 3.71. The van der Waals surface area contributed by atoms with E-state index < -0.39 is 0 Å². The van der Waals surface area contributed by atoms with Gasteiger partial charge in [0.05, 0.1) is 12.3 Å². The maximum Gasteiger partial charge on any atom is 0.220 e. The van der Waals surface area contributed by atoms with E-state index in [2.05, 4.69) is 15.3 Å². The molecule has 1 amide bonds. The average molecular weight is 306 g/mol. The number of hydrogen-bond donors (Lipinski definition) is 2. The number of amides is 1. The van der Waals surface area contributed by atoms with E-state index in [0.29, 0.717) is 37.0 Å². The van der Waals surface area contributed by atoms with Gasteiger partial charge < -0.3 is 15.8 Å². The third kappa shape index (κ3) is 4.71. The zero-order valence-electron chi connectivity index (χ0n) is 11.8. The molecule has 0 aliphatic heterocycles. The first-order valence-electron chi connectivity index (χ1n) is 6.72. The zero-order valence-corrected chi connectivity index (χ0v) is 12.7. The molecule has 0 fully saturated rings. The first-order valence-corrected chi connectivity index (χ1v) is 7.60. The number of carbonyl (C=O) groups is 1. The first-order chi connectivity index (χ1) is 10.2. The Balaban J connectivity index is 1.81. The number of nitrogens with zero attached hydrogens (tertiary/aromatic N) is 2. The highest BCUT2D eigenvalue weighted by atomic mass is 32.1. The van der Waals surface area contributed by atoms with Crippen molar-refractivity contribution in [3.8, 4) is 5.88 Å². The number of anilines is 1. The van der Waals surface area contributed by atoms with Crippen molar-refractivity contribution in [2.75, 3.05) is 12.3 Å². The lowest BCUT2D eigenvalue weighted by Crippen LogP contribution is -2.23. The summed E-state index contributed by atoms with van der Waals surface area (Å²) in [6.07, 6.45) is 2.64. The number of aryl methyl sites for hydroxylation is 1. The van der Waals surface area contributed by atoms with Crippen LogP contribution in [0.15, 0.2) is 23.7 Å². The molecule has 0 aliphatic rings. The minimum absolute atomic E-state index is 0.0344. The third-order valence-electron chi connectivity index (χ3n) is 2.78. The van der Waals surface area contributed by atoms with E-state index in [1.54, 1.807) is 6.20 Å². The number of nitrogen functional groups attached to an aromatic ring is 1. The lowest BCUT2D eigenvalue weighted by Gasteiger charge is -2.09. The number of rotatable bonds is 7. The summed E-state index contributed by atoms with van der Waals surface area (Å²) in [6.45, 7) is 2.85. The summed E-state index contributed by atoms with van der Waals surface area (Å²) in [5, 5.41) is 5.26. The van der Waals surface area contributed by atoms with Crippen molar-refractivity contribution in [1.82, 2.24) is 15.3 Å². The fourth-order valence-electron chi connectivity index (χ4n) is 1.79. The maximum atomic E-state index is 11.8. The molecule has 2 rings (SSSR count). The normalized spacial score (nSPS) is 10.3. The van der Waals surface area contributed by atoms with Gasteiger partial charge in [0.15, 0.2) is 5.13 Å². The molecular weight excluding hydrogens is 288 g/mol. The Morgan fingerprint density at radius 1 is 1.52 bits per heavy atom. The van der Waals surface area contributed by atoms with E-state index in [1.165, 1.54) is 11.3 Å². The van der Waals surface area contributed by atoms with Crippen molar-refractivity contribution in [2.24, 2.45) is 0 Å². The quantitative estimate of drug-likeness (QED) is 0.813. The molecule has 21 heavy (non-hydrogen) atoms. The molecule has 7 heteroatoms. The smallest absolute Gasteiger partial charge is 0.220 e. The Bertz CT molecular complexity index is 600. The summed E-state index contributed by atoms with van der Waals surface area (Å²) in [5.74, 6) is 0.528. The Morgan fingerprint density at radius 2 is 2.38 bits per heavy atom. The maximum absolute atomic E-state index is 11.8. The minimum atomic E-state index is -0.0344. The molecule has 2 heterocycles. The molecule has 0 aromatic carbocycles. The largest absolute Gasteiger partial charge is 0.478 e. The second-order valence-electron chi connectivity index (χ2n) is 4.35. The highest BCUT2D eigenvalue weighted by molar-refractivity contribution is 7.13. The van der Waals surface area contributed by atoms with Crippen LogP contribution < -0.4 is 15.8 Å². The average Bonchev–Trinajstić information content (AvgIpc) is 2.90. The van der Waals surface area contributed by atoms with Gasteiger partial charge in [-0.15, -0.1) is 11.3 Å². The Labute approximate surface area is 127 Å². The fraction of sp³-hybridized carbons (Fsp3) is 0.357. The van der Waals surface area contributed by atoms with Gasteiger partial charge in [-0.05, 0) is 19.4 Å². The highest BCUT2D eigenvalue weighted by Gasteiger charge is 2.08. The number of nitrogens with two attached hydrogens (primary N) is 1. The molecule has 0 radical (unpaired) electrons. The van der Waals surface area contributed by atoms with Crippen LogP contribution in [0.3, 0.4) is 0 Å². The lowest BCUT2D eigenvalue weighted by molar-refractivity contribution is -0.121. The second kappa shape index (κ2) is 7.58. The van der Waals surface area contributed by atoms with Crippen LogP contribution in [0.25, 0.3) is 0 Å². The minimum Gasteiger partial charge on any atom is -0.478 e. The van der Waals surface area contributed by atoms with Gasteiger partial charge in [0.2, 0.25) is 11.8 Å². The van der Waals surface area contributed by atoms with Gasteiger partial charge in [0.1, 0.15) is 0 Å². The van der Waals surface area contributed by atoms with Crippen LogP contribution in [0.1, 0.15) is 24.6 Å². The molecule has 112 valence electrons. The van der Waals surface area contributed by atoms with Crippen molar-refractivity contribution in [2.45, 2.75) is 26.3 Å².